The van der Waals surface area contributed by atoms with Crippen LogP contribution in [-0.4, -0.2) is 41.1 Å². The van der Waals surface area contributed by atoms with Crippen molar-refractivity contribution in [2.75, 3.05) is 13.2 Å². The smallest absolute Gasteiger partial charge is 0.326 e. The van der Waals surface area contributed by atoms with E-state index in [2.05, 4.69) is 0 Å². The van der Waals surface area contributed by atoms with Crippen molar-refractivity contribution in [1.29, 1.82) is 0 Å². The summed E-state index contributed by atoms with van der Waals surface area (Å²) in [4.78, 5) is 25.4. The lowest BCUT2D eigenvalue weighted by atomic mass is 9.94. The van der Waals surface area contributed by atoms with Gasteiger partial charge in [0.25, 0.3) is 0 Å². The Morgan fingerprint density at radius 3 is 2.80 bits per heavy atom. The second-order valence-corrected chi connectivity index (χ2v) is 6.71. The maximum Gasteiger partial charge on any atom is 0.326 e. The predicted octanol–water partition coefficient (Wildman–Crippen LogP) is 2.84. The standard InChI is InChI=1S/C18H21F2NO4/c19-12-6-7-15(14(20)9-12)25-8-2-5-16(22)21-10-11-3-1-4-13(11)17(21)18(23)24/h6-7,9,11,13,17H,1-5,8,10H2,(H,23,24). The molecule has 3 rings (SSSR count). The number of ether oxygens (including phenoxy) is 1. The fraction of sp³-hybridized carbons (Fsp3) is 0.556. The first-order valence-electron chi connectivity index (χ1n) is 8.57. The first kappa shape index (κ1) is 17.6. The molecule has 136 valence electrons. The van der Waals surface area contributed by atoms with Crippen LogP contribution in [-0.2, 0) is 9.59 Å². The van der Waals surface area contributed by atoms with Gasteiger partial charge in [-0.05, 0) is 43.2 Å². The van der Waals surface area contributed by atoms with E-state index >= 15 is 0 Å². The molecule has 0 radical (unpaired) electrons. The van der Waals surface area contributed by atoms with E-state index in [1.54, 1.807) is 0 Å². The molecule has 1 saturated heterocycles. The Hall–Kier alpha value is -2.18. The van der Waals surface area contributed by atoms with E-state index in [9.17, 15) is 23.5 Å². The first-order chi connectivity index (χ1) is 12.0. The molecular weight excluding hydrogens is 332 g/mol. The monoisotopic (exact) mass is 353 g/mol. The van der Waals surface area contributed by atoms with Crippen molar-refractivity contribution < 1.29 is 28.2 Å². The van der Waals surface area contributed by atoms with Crippen molar-refractivity contribution in [3.8, 4) is 5.75 Å². The summed E-state index contributed by atoms with van der Waals surface area (Å²) in [5, 5.41) is 9.46. The summed E-state index contributed by atoms with van der Waals surface area (Å²) in [6.07, 6.45) is 3.35. The molecule has 2 fully saturated rings. The molecule has 3 atom stereocenters. The largest absolute Gasteiger partial charge is 0.491 e. The Kier molecular flexibility index (Phi) is 5.20. The van der Waals surface area contributed by atoms with E-state index < -0.39 is 23.6 Å². The highest BCUT2D eigenvalue weighted by Crippen LogP contribution is 2.42. The van der Waals surface area contributed by atoms with E-state index in [0.29, 0.717) is 13.0 Å². The second kappa shape index (κ2) is 7.37. The van der Waals surface area contributed by atoms with Gasteiger partial charge >= 0.3 is 5.97 Å². The number of aliphatic carboxylic acids is 1. The molecule has 1 aromatic rings. The SMILES string of the molecule is O=C(O)C1C2CCCC2CN1C(=O)CCCOc1ccc(F)cc1F. The molecule has 3 unspecified atom stereocenters. The highest BCUT2D eigenvalue weighted by atomic mass is 19.1. The molecule has 1 amide bonds. The third-order valence-electron chi connectivity index (χ3n) is 5.15. The summed E-state index contributed by atoms with van der Waals surface area (Å²) >= 11 is 0. The van der Waals surface area contributed by atoms with Crippen molar-refractivity contribution in [2.45, 2.75) is 38.1 Å². The maximum absolute atomic E-state index is 13.4. The quantitative estimate of drug-likeness (QED) is 0.799. The summed E-state index contributed by atoms with van der Waals surface area (Å²) in [6.45, 7) is 0.612. The second-order valence-electron chi connectivity index (χ2n) is 6.71. The minimum atomic E-state index is -0.938. The van der Waals surface area contributed by atoms with Gasteiger partial charge in [-0.2, -0.15) is 0 Å². The Bertz CT molecular complexity index is 666. The summed E-state index contributed by atoms with van der Waals surface area (Å²) in [7, 11) is 0. The number of carboxylic acid groups (broad SMARTS) is 1. The highest BCUT2D eigenvalue weighted by molar-refractivity contribution is 5.84. The molecule has 1 saturated carbocycles. The van der Waals surface area contributed by atoms with Crippen LogP contribution >= 0.6 is 0 Å². The predicted molar refractivity (Wildman–Crippen MR) is 85.1 cm³/mol. The van der Waals surface area contributed by atoms with Crippen LogP contribution in [0.15, 0.2) is 18.2 Å². The minimum Gasteiger partial charge on any atom is -0.491 e. The zero-order valence-corrected chi connectivity index (χ0v) is 13.8. The van der Waals surface area contributed by atoms with Crippen molar-refractivity contribution >= 4 is 11.9 Å². The van der Waals surface area contributed by atoms with Crippen LogP contribution in [0.25, 0.3) is 0 Å². The van der Waals surface area contributed by atoms with Gasteiger partial charge in [0.05, 0.1) is 6.61 Å². The summed E-state index contributed by atoms with van der Waals surface area (Å²) in [6, 6.07) is 2.31. The van der Waals surface area contributed by atoms with E-state index in [1.165, 1.54) is 11.0 Å². The van der Waals surface area contributed by atoms with Crippen LogP contribution in [0, 0.1) is 23.5 Å². The zero-order chi connectivity index (χ0) is 18.0. The number of carboxylic acids is 1. The molecule has 1 N–H and O–H groups in total. The van der Waals surface area contributed by atoms with Crippen molar-refractivity contribution in [3.63, 3.8) is 0 Å². The number of amides is 1. The molecule has 1 aliphatic heterocycles. The lowest BCUT2D eigenvalue weighted by Gasteiger charge is -2.24. The molecule has 0 spiro atoms. The number of hydrogen-bond acceptors (Lipinski definition) is 3. The van der Waals surface area contributed by atoms with E-state index in [0.717, 1.165) is 31.4 Å². The number of carbonyl (C=O) groups is 2. The number of rotatable bonds is 6. The van der Waals surface area contributed by atoms with Gasteiger partial charge in [0, 0.05) is 19.0 Å². The summed E-state index contributed by atoms with van der Waals surface area (Å²) in [5.74, 6) is -2.32. The lowest BCUT2D eigenvalue weighted by Crippen LogP contribution is -2.43. The van der Waals surface area contributed by atoms with Gasteiger partial charge in [0.2, 0.25) is 5.91 Å². The van der Waals surface area contributed by atoms with Crippen LogP contribution in [0.5, 0.6) is 5.75 Å². The number of hydrogen-bond donors (Lipinski definition) is 1. The number of nitrogens with zero attached hydrogens (tertiary/aromatic N) is 1. The molecule has 1 aromatic carbocycles. The average Bonchev–Trinajstić information content (AvgIpc) is 3.13. The van der Waals surface area contributed by atoms with Crippen LogP contribution in [0.3, 0.4) is 0 Å². The minimum absolute atomic E-state index is 0.0611. The van der Waals surface area contributed by atoms with Gasteiger partial charge in [0.15, 0.2) is 11.6 Å². The average molecular weight is 353 g/mol. The third-order valence-corrected chi connectivity index (χ3v) is 5.15. The molecule has 5 nitrogen and oxygen atoms in total. The Morgan fingerprint density at radius 2 is 2.08 bits per heavy atom. The Morgan fingerprint density at radius 1 is 1.28 bits per heavy atom. The molecule has 7 heteroatoms. The van der Waals surface area contributed by atoms with Gasteiger partial charge in [-0.25, -0.2) is 13.6 Å². The molecule has 0 aromatic heterocycles. The number of halogens is 2. The molecular formula is C18H21F2NO4. The Balaban J connectivity index is 1.50. The first-order valence-corrected chi connectivity index (χ1v) is 8.57. The number of benzene rings is 1. The molecule has 2 aliphatic rings. The fourth-order valence-electron chi connectivity index (χ4n) is 4.02. The molecule has 1 aliphatic carbocycles. The molecule has 1 heterocycles. The highest BCUT2D eigenvalue weighted by Gasteiger charge is 2.49. The van der Waals surface area contributed by atoms with Crippen LogP contribution in [0.4, 0.5) is 8.78 Å². The van der Waals surface area contributed by atoms with Crippen molar-refractivity contribution in [3.05, 3.63) is 29.8 Å². The van der Waals surface area contributed by atoms with E-state index in [4.69, 9.17) is 4.74 Å². The summed E-state index contributed by atoms with van der Waals surface area (Å²) in [5.41, 5.74) is 0. The summed E-state index contributed by atoms with van der Waals surface area (Å²) < 4.78 is 31.5. The lowest BCUT2D eigenvalue weighted by molar-refractivity contribution is -0.149. The van der Waals surface area contributed by atoms with Crippen molar-refractivity contribution in [1.82, 2.24) is 4.90 Å². The van der Waals surface area contributed by atoms with Crippen LogP contribution < -0.4 is 4.74 Å². The normalized spacial score (nSPS) is 25.0. The van der Waals surface area contributed by atoms with Gasteiger partial charge in [-0.3, -0.25) is 4.79 Å². The number of fused-ring (bicyclic) bond motifs is 1. The van der Waals surface area contributed by atoms with Crippen LogP contribution in [0.2, 0.25) is 0 Å². The third kappa shape index (κ3) is 3.75. The molecule has 0 bridgehead atoms. The van der Waals surface area contributed by atoms with Crippen molar-refractivity contribution in [2.24, 2.45) is 11.8 Å². The topological polar surface area (TPSA) is 66.8 Å². The van der Waals surface area contributed by atoms with Gasteiger partial charge in [0.1, 0.15) is 11.9 Å². The van der Waals surface area contributed by atoms with Gasteiger partial charge in [-0.15, -0.1) is 0 Å². The van der Waals surface area contributed by atoms with E-state index in [1.807, 2.05) is 0 Å². The van der Waals surface area contributed by atoms with Crippen LogP contribution in [0.1, 0.15) is 32.1 Å². The maximum atomic E-state index is 13.4. The van der Waals surface area contributed by atoms with Gasteiger partial charge < -0.3 is 14.7 Å². The van der Waals surface area contributed by atoms with E-state index in [-0.39, 0.29) is 36.5 Å². The van der Waals surface area contributed by atoms with Gasteiger partial charge in [-0.1, -0.05) is 6.42 Å². The fourth-order valence-corrected chi connectivity index (χ4v) is 4.02. The molecule has 25 heavy (non-hydrogen) atoms. The Labute approximate surface area is 144 Å². The number of carbonyl (C=O) groups excluding carboxylic acids is 1. The zero-order valence-electron chi connectivity index (χ0n) is 13.8. The number of likely N-dealkylation sites (tertiary alicyclic amines) is 1.